The van der Waals surface area contributed by atoms with Crippen LogP contribution in [0.1, 0.15) is 85.0 Å². The minimum absolute atomic E-state index is 0.0724. The largest absolute Gasteiger partial charge is 0.458 e. The number of carbonyl (C=O) groups is 1. The van der Waals surface area contributed by atoms with Crippen molar-refractivity contribution in [3.8, 4) is 0 Å². The van der Waals surface area contributed by atoms with Crippen molar-refractivity contribution in [1.29, 1.82) is 0 Å². The zero-order chi connectivity index (χ0) is 35.1. The quantitative estimate of drug-likeness (QED) is 0.164. The van der Waals surface area contributed by atoms with Crippen molar-refractivity contribution in [3.63, 3.8) is 0 Å². The van der Waals surface area contributed by atoms with Gasteiger partial charge in [0.2, 0.25) is 0 Å². The molecule has 0 aromatic carbocycles. The van der Waals surface area contributed by atoms with Crippen molar-refractivity contribution in [1.82, 2.24) is 0 Å². The molecule has 4 aliphatic carbocycles. The first-order valence-electron chi connectivity index (χ1n) is 18.3. The summed E-state index contributed by atoms with van der Waals surface area (Å²) >= 11 is 0. The Hall–Kier alpha value is -1.23. The van der Waals surface area contributed by atoms with Crippen molar-refractivity contribution < 1.29 is 63.9 Å². The third-order valence-electron chi connectivity index (χ3n) is 14.5. The third-order valence-corrected chi connectivity index (χ3v) is 14.5. The van der Waals surface area contributed by atoms with E-state index in [2.05, 4.69) is 13.8 Å². The van der Waals surface area contributed by atoms with Gasteiger partial charge >= 0.3 is 5.97 Å². The Kier molecular flexibility index (Phi) is 9.60. The molecule has 13 nitrogen and oxygen atoms in total. The van der Waals surface area contributed by atoms with Gasteiger partial charge in [-0.05, 0) is 87.0 Å². The smallest absolute Gasteiger partial charge is 0.331 e. The molecule has 4 saturated carbocycles. The molecule has 7 aliphatic rings. The molecule has 0 aromatic heterocycles. The van der Waals surface area contributed by atoms with Crippen LogP contribution < -0.4 is 0 Å². The number of carbonyl (C=O) groups excluding carboxylic acids is 1. The fourth-order valence-electron chi connectivity index (χ4n) is 11.5. The molecule has 278 valence electrons. The number of ether oxygens (including phenoxy) is 6. The molecule has 13 heteroatoms. The Balaban J connectivity index is 0.994. The molecular formula is C36H56O13. The first-order valence-corrected chi connectivity index (χ1v) is 18.3. The highest BCUT2D eigenvalue weighted by Gasteiger charge is 2.70. The molecule has 0 radical (unpaired) electrons. The van der Waals surface area contributed by atoms with Crippen LogP contribution in [0.3, 0.4) is 0 Å². The molecule has 0 amide bonds. The van der Waals surface area contributed by atoms with Crippen LogP contribution in [0.15, 0.2) is 11.6 Å². The summed E-state index contributed by atoms with van der Waals surface area (Å²) in [5.74, 6) is 0.0783. The molecule has 17 atom stereocenters. The number of rotatable bonds is 7. The Morgan fingerprint density at radius 3 is 2.33 bits per heavy atom. The zero-order valence-electron chi connectivity index (χ0n) is 29.1. The molecule has 0 bridgehead atoms. The number of hydrogen-bond donors (Lipinski definition) is 6. The first-order chi connectivity index (χ1) is 23.2. The second-order valence-electron chi connectivity index (χ2n) is 16.6. The highest BCUT2D eigenvalue weighted by molar-refractivity contribution is 5.85. The van der Waals surface area contributed by atoms with E-state index in [1.54, 1.807) is 20.1 Å². The van der Waals surface area contributed by atoms with E-state index in [1.807, 2.05) is 0 Å². The summed E-state index contributed by atoms with van der Waals surface area (Å²) in [6, 6.07) is 0. The molecule has 0 aromatic rings. The zero-order valence-corrected chi connectivity index (χ0v) is 29.1. The molecule has 0 spiro atoms. The molecule has 49 heavy (non-hydrogen) atoms. The monoisotopic (exact) mass is 696 g/mol. The van der Waals surface area contributed by atoms with Crippen LogP contribution in [-0.2, 0) is 33.2 Å². The van der Waals surface area contributed by atoms with Crippen LogP contribution in [-0.4, -0.2) is 130 Å². The Morgan fingerprint density at radius 2 is 1.63 bits per heavy atom. The molecule has 2 saturated heterocycles. The highest BCUT2D eigenvalue weighted by atomic mass is 16.7. The number of esters is 1. The minimum Gasteiger partial charge on any atom is -0.458 e. The molecule has 6 fully saturated rings. The average Bonchev–Trinajstić information content (AvgIpc) is 3.61. The molecule has 7 rings (SSSR count). The maximum Gasteiger partial charge on any atom is 0.331 e. The topological polar surface area (TPSA) is 194 Å². The van der Waals surface area contributed by atoms with Crippen molar-refractivity contribution in [2.75, 3.05) is 20.3 Å². The lowest BCUT2D eigenvalue weighted by Crippen LogP contribution is -2.67. The molecule has 3 heterocycles. The molecular weight excluding hydrogens is 640 g/mol. The standard InChI is InChI=1S/C36H56O13/c1-18-31(49-32-30(41)29(40)28(39)25(16-37)48-32)24(44-4)14-27(46-18)47-20-5-9-33(2)22-6-10-34(3)21(19-13-26(38)45-17-19)8-12-36(34,43)23(22)7-11-35(33,42)15-20/h13,18,20-25,27-32,37,39-43H,5-12,14-17H2,1-4H3/t18-,20-,21-,22+,23-,24-,25-,27-,28-,29+,30-,31+,32+,33+,34+,35+,36-/m0/s1. The Bertz CT molecular complexity index is 1280. The van der Waals surface area contributed by atoms with Gasteiger partial charge in [-0.15, -0.1) is 0 Å². The van der Waals surface area contributed by atoms with E-state index < -0.39 is 73.1 Å². The number of aliphatic hydroxyl groups is 6. The maximum absolute atomic E-state index is 12.5. The predicted octanol–water partition coefficient (Wildman–Crippen LogP) is 1.08. The number of fused-ring (bicyclic) bond motifs is 5. The summed E-state index contributed by atoms with van der Waals surface area (Å²) in [4.78, 5) is 11.9. The number of hydrogen-bond acceptors (Lipinski definition) is 13. The SMILES string of the molecule is CO[C@H]1C[C@H](O[C@H]2CC[C@]3(C)[C@@H]4CC[C@]5(C)[C@H](C6=CC(=O)OC6)CC[C@]5(O)[C@H]4CC[C@@]3(O)C2)O[C@@H](C)[C@H]1O[C@H]1O[C@@H](CO)[C@H](O)[C@@H](O)[C@@H]1O. The number of methoxy groups -OCH3 is 1. The third kappa shape index (κ3) is 5.65. The van der Waals surface area contributed by atoms with Gasteiger partial charge in [0.25, 0.3) is 0 Å². The molecule has 6 N–H and O–H groups in total. The Labute approximate surface area is 287 Å². The minimum atomic E-state index is -1.56. The van der Waals surface area contributed by atoms with E-state index in [9.17, 15) is 35.4 Å². The van der Waals surface area contributed by atoms with Crippen molar-refractivity contribution in [3.05, 3.63) is 11.6 Å². The summed E-state index contributed by atoms with van der Waals surface area (Å²) < 4.78 is 35.4. The predicted molar refractivity (Wildman–Crippen MR) is 170 cm³/mol. The van der Waals surface area contributed by atoms with Crippen LogP contribution in [0.5, 0.6) is 0 Å². The molecule has 0 unspecified atom stereocenters. The van der Waals surface area contributed by atoms with Gasteiger partial charge in [-0.3, -0.25) is 0 Å². The summed E-state index contributed by atoms with van der Waals surface area (Å²) in [6.07, 6.45) is -1.10. The normalized spacial score (nSPS) is 54.4. The van der Waals surface area contributed by atoms with Gasteiger partial charge in [0, 0.05) is 31.4 Å². The van der Waals surface area contributed by atoms with E-state index >= 15 is 0 Å². The number of cyclic esters (lactones) is 1. The van der Waals surface area contributed by atoms with Gasteiger partial charge < -0.3 is 59.1 Å². The van der Waals surface area contributed by atoms with E-state index in [-0.39, 0.29) is 40.7 Å². The van der Waals surface area contributed by atoms with Crippen LogP contribution >= 0.6 is 0 Å². The lowest BCUT2D eigenvalue weighted by Gasteiger charge is -2.66. The van der Waals surface area contributed by atoms with Gasteiger partial charge in [-0.25, -0.2) is 4.79 Å². The van der Waals surface area contributed by atoms with Gasteiger partial charge in [-0.1, -0.05) is 13.8 Å². The van der Waals surface area contributed by atoms with Crippen molar-refractivity contribution >= 4 is 5.97 Å². The van der Waals surface area contributed by atoms with Crippen LogP contribution in [0, 0.1) is 28.6 Å². The Morgan fingerprint density at radius 1 is 0.898 bits per heavy atom. The van der Waals surface area contributed by atoms with Crippen LogP contribution in [0.25, 0.3) is 0 Å². The van der Waals surface area contributed by atoms with E-state index in [0.717, 1.165) is 44.1 Å². The lowest BCUT2D eigenvalue weighted by atomic mass is 9.42. The summed E-state index contributed by atoms with van der Waals surface area (Å²) in [5.41, 5.74) is -1.52. The second kappa shape index (κ2) is 13.0. The van der Waals surface area contributed by atoms with Gasteiger partial charge in [0.05, 0.1) is 36.1 Å². The second-order valence-corrected chi connectivity index (χ2v) is 16.6. The van der Waals surface area contributed by atoms with Gasteiger partial charge in [-0.2, -0.15) is 0 Å². The van der Waals surface area contributed by atoms with Crippen molar-refractivity contribution in [2.24, 2.45) is 28.6 Å². The fraction of sp³-hybridized carbons (Fsp3) is 0.917. The van der Waals surface area contributed by atoms with Gasteiger partial charge in [0.1, 0.15) is 37.1 Å². The molecule has 3 aliphatic heterocycles. The van der Waals surface area contributed by atoms with Crippen molar-refractivity contribution in [2.45, 2.75) is 158 Å². The summed E-state index contributed by atoms with van der Waals surface area (Å²) in [6.45, 7) is 5.98. The first kappa shape index (κ1) is 36.1. The van der Waals surface area contributed by atoms with Gasteiger partial charge in [0.15, 0.2) is 12.6 Å². The fourth-order valence-corrected chi connectivity index (χ4v) is 11.5. The van der Waals surface area contributed by atoms with Crippen LogP contribution in [0.4, 0.5) is 0 Å². The van der Waals surface area contributed by atoms with E-state index in [4.69, 9.17) is 28.4 Å². The lowest BCUT2D eigenvalue weighted by molar-refractivity contribution is -0.347. The summed E-state index contributed by atoms with van der Waals surface area (Å²) in [5, 5.41) is 65.4. The summed E-state index contributed by atoms with van der Waals surface area (Å²) in [7, 11) is 1.55. The number of aliphatic hydroxyl groups excluding tert-OH is 4. The van der Waals surface area contributed by atoms with E-state index in [0.29, 0.717) is 32.3 Å². The highest BCUT2D eigenvalue weighted by Crippen LogP contribution is 2.70. The van der Waals surface area contributed by atoms with E-state index in [1.165, 1.54) is 0 Å². The maximum atomic E-state index is 12.5. The van der Waals surface area contributed by atoms with Crippen LogP contribution in [0.2, 0.25) is 0 Å². The average molecular weight is 697 g/mol.